The van der Waals surface area contributed by atoms with Gasteiger partial charge < -0.3 is 25.3 Å². The summed E-state index contributed by atoms with van der Waals surface area (Å²) < 4.78 is 18.0. The molecule has 0 fully saturated rings. The van der Waals surface area contributed by atoms with Crippen molar-refractivity contribution in [3.63, 3.8) is 0 Å². The van der Waals surface area contributed by atoms with E-state index in [1.807, 2.05) is 12.1 Å². The molecule has 5 rings (SSSR count). The maximum atomic E-state index is 12.9. The number of hydrogen-bond acceptors (Lipinski definition) is 11. The molecule has 5 N–H and O–H groups in total. The topological polar surface area (TPSA) is 196 Å². The molecule has 0 unspecified atom stereocenters. The summed E-state index contributed by atoms with van der Waals surface area (Å²) in [6.07, 6.45) is 4.89. The molecule has 0 aliphatic rings. The van der Waals surface area contributed by atoms with Gasteiger partial charge in [-0.15, -0.1) is 10.2 Å². The summed E-state index contributed by atoms with van der Waals surface area (Å²) in [7, 11) is 1.52. The first-order valence-electron chi connectivity index (χ1n) is 12.9. The van der Waals surface area contributed by atoms with E-state index in [4.69, 9.17) is 25.4 Å². The number of benzene rings is 2. The van der Waals surface area contributed by atoms with Crippen LogP contribution in [0.4, 0.5) is 5.69 Å². The molecule has 14 nitrogen and oxygen atoms in total. The van der Waals surface area contributed by atoms with Crippen LogP contribution >= 0.6 is 0 Å². The van der Waals surface area contributed by atoms with Gasteiger partial charge in [-0.3, -0.25) is 20.2 Å². The average Bonchev–Trinajstić information content (AvgIpc) is 3.40. The van der Waals surface area contributed by atoms with Crippen LogP contribution in [-0.2, 0) is 11.4 Å². The first-order valence-corrected chi connectivity index (χ1v) is 12.9. The molecule has 218 valence electrons. The third kappa shape index (κ3) is 6.65. The predicted octanol–water partition coefficient (Wildman–Crippen LogP) is 2.74. The Labute approximate surface area is 245 Å². The van der Waals surface area contributed by atoms with Gasteiger partial charge in [-0.2, -0.15) is 9.78 Å². The lowest BCUT2D eigenvalue weighted by Gasteiger charge is -2.21. The number of nitrogens with zero attached hydrogens (tertiary/aromatic N) is 5. The molecule has 2 aromatic carbocycles. The van der Waals surface area contributed by atoms with E-state index in [1.165, 1.54) is 26.3 Å². The van der Waals surface area contributed by atoms with E-state index in [-0.39, 0.29) is 35.4 Å². The van der Waals surface area contributed by atoms with Gasteiger partial charge in [0, 0.05) is 42.8 Å². The number of hydrogen-bond donors (Lipinski definition) is 4. The van der Waals surface area contributed by atoms with E-state index < -0.39 is 17.7 Å². The van der Waals surface area contributed by atoms with E-state index in [2.05, 4.69) is 30.6 Å². The summed E-state index contributed by atoms with van der Waals surface area (Å²) in [5, 5.41) is 23.5. The van der Waals surface area contributed by atoms with Gasteiger partial charge in [0.2, 0.25) is 0 Å². The van der Waals surface area contributed by atoms with Crippen LogP contribution in [0.3, 0.4) is 0 Å². The Kier molecular flexibility index (Phi) is 8.37. The molecule has 1 atom stereocenters. The monoisotopic (exact) mass is 581 g/mol. The minimum atomic E-state index is -0.750. The molecule has 0 bridgehead atoms. The molecule has 0 aliphatic carbocycles. The lowest BCUT2D eigenvalue weighted by atomic mass is 10.0. The molecule has 14 heteroatoms. The van der Waals surface area contributed by atoms with Gasteiger partial charge in [0.25, 0.3) is 0 Å². The largest absolute Gasteiger partial charge is 0.493 e. The first-order chi connectivity index (χ1) is 20.8. The highest BCUT2D eigenvalue weighted by Crippen LogP contribution is 2.34. The van der Waals surface area contributed by atoms with Crippen molar-refractivity contribution in [2.45, 2.75) is 19.6 Å². The number of aromatic nitrogens is 6. The third-order valence-electron chi connectivity index (χ3n) is 6.16. The zero-order chi connectivity index (χ0) is 30.3. The summed E-state index contributed by atoms with van der Waals surface area (Å²) in [5.74, 6) is 0.665. The second kappa shape index (κ2) is 12.6. The molecule has 0 radical (unpaired) electrons. The van der Waals surface area contributed by atoms with Crippen molar-refractivity contribution in [2.75, 3.05) is 12.4 Å². The Morgan fingerprint density at radius 2 is 1.93 bits per heavy atom. The van der Waals surface area contributed by atoms with Crippen LogP contribution in [0.25, 0.3) is 5.82 Å². The number of carbonyl (C=O) groups is 1. The number of nitrogens with two attached hydrogens (primary N) is 1. The summed E-state index contributed by atoms with van der Waals surface area (Å²) in [6, 6.07) is 16.3. The molecule has 3 heterocycles. The first kappa shape index (κ1) is 28.5. The molecule has 0 saturated heterocycles. The Morgan fingerprint density at radius 3 is 2.63 bits per heavy atom. The zero-order valence-corrected chi connectivity index (χ0v) is 23.1. The quantitative estimate of drug-likeness (QED) is 0.0775. The van der Waals surface area contributed by atoms with Gasteiger partial charge in [-0.1, -0.05) is 12.1 Å². The van der Waals surface area contributed by atoms with Crippen molar-refractivity contribution < 1.29 is 19.0 Å². The molecular formula is C29H27N9O5. The number of anilines is 1. The van der Waals surface area contributed by atoms with Crippen molar-refractivity contribution in [2.24, 2.45) is 5.73 Å². The number of rotatable bonds is 11. The number of nitrogen functional groups attached to an aromatic ring is 1. The van der Waals surface area contributed by atoms with E-state index >= 15 is 0 Å². The molecule has 3 aromatic heterocycles. The number of H-pyrrole nitrogens is 1. The summed E-state index contributed by atoms with van der Waals surface area (Å²) >= 11 is 0. The Hall–Kier alpha value is -6.05. The second-order valence-corrected chi connectivity index (χ2v) is 9.16. The van der Waals surface area contributed by atoms with E-state index in [1.54, 1.807) is 54.9 Å². The lowest BCUT2D eigenvalue weighted by Crippen LogP contribution is -2.17. The number of amidine groups is 1. The fraction of sp³-hybridized carbons (Fsp3) is 0.138. The number of pyridine rings is 1. The number of ether oxygens (including phenoxy) is 3. The smallest absolute Gasteiger partial charge is 0.349 e. The third-order valence-corrected chi connectivity index (χ3v) is 6.16. The molecule has 43 heavy (non-hydrogen) atoms. The van der Waals surface area contributed by atoms with Crippen LogP contribution in [0.5, 0.6) is 17.2 Å². The fourth-order valence-electron chi connectivity index (χ4n) is 4.21. The Morgan fingerprint density at radius 1 is 1.09 bits per heavy atom. The SMILES string of the molecule is COc1cc([C@H](Nc2ccc(C(=N)N)c(OC(C)=O)c2)c2nn(-c3cccnn3)c(=O)[nH]2)ccc1OCc1cccnc1. The van der Waals surface area contributed by atoms with Crippen molar-refractivity contribution in [3.05, 3.63) is 112 Å². The van der Waals surface area contributed by atoms with Crippen molar-refractivity contribution >= 4 is 17.5 Å². The van der Waals surface area contributed by atoms with Gasteiger partial charge >= 0.3 is 11.7 Å². The molecule has 0 amide bonds. The van der Waals surface area contributed by atoms with Crippen LogP contribution in [0.1, 0.15) is 35.5 Å². The summed E-state index contributed by atoms with van der Waals surface area (Å²) in [4.78, 5) is 31.6. The molecule has 0 spiro atoms. The normalized spacial score (nSPS) is 11.4. The number of esters is 1. The maximum Gasteiger partial charge on any atom is 0.349 e. The molecule has 0 aliphatic heterocycles. The number of carbonyl (C=O) groups excluding carboxylic acids is 1. The fourth-order valence-corrected chi connectivity index (χ4v) is 4.21. The van der Waals surface area contributed by atoms with Crippen molar-refractivity contribution in [3.8, 4) is 23.1 Å². The van der Waals surface area contributed by atoms with Crippen molar-refractivity contribution in [1.29, 1.82) is 5.41 Å². The summed E-state index contributed by atoms with van der Waals surface area (Å²) in [6.45, 7) is 1.53. The minimum Gasteiger partial charge on any atom is -0.493 e. The Balaban J connectivity index is 1.54. The zero-order valence-electron chi connectivity index (χ0n) is 23.1. The van der Waals surface area contributed by atoms with Crippen molar-refractivity contribution in [1.82, 2.24) is 29.9 Å². The maximum absolute atomic E-state index is 12.9. The molecule has 5 aromatic rings. The second-order valence-electron chi connectivity index (χ2n) is 9.16. The lowest BCUT2D eigenvalue weighted by molar-refractivity contribution is -0.131. The van der Waals surface area contributed by atoms with Gasteiger partial charge in [0.1, 0.15) is 24.2 Å². The minimum absolute atomic E-state index is 0.0964. The summed E-state index contributed by atoms with van der Waals surface area (Å²) in [5.41, 5.74) is 7.42. The van der Waals surface area contributed by atoms with Gasteiger partial charge in [0.05, 0.1) is 12.7 Å². The van der Waals surface area contributed by atoms with E-state index in [9.17, 15) is 9.59 Å². The number of aromatic amines is 1. The van der Waals surface area contributed by atoms with Gasteiger partial charge in [-0.05, 0) is 48.0 Å². The van der Waals surface area contributed by atoms with Crippen LogP contribution in [0.2, 0.25) is 0 Å². The van der Waals surface area contributed by atoms with Gasteiger partial charge in [0.15, 0.2) is 23.1 Å². The Bertz CT molecular complexity index is 1810. The predicted molar refractivity (Wildman–Crippen MR) is 156 cm³/mol. The molecule has 0 saturated carbocycles. The van der Waals surface area contributed by atoms with E-state index in [0.717, 1.165) is 10.2 Å². The van der Waals surface area contributed by atoms with Crippen LogP contribution in [0.15, 0.2) is 84.0 Å². The average molecular weight is 582 g/mol. The number of methoxy groups -OCH3 is 1. The highest BCUT2D eigenvalue weighted by Gasteiger charge is 2.23. The van der Waals surface area contributed by atoms with E-state index in [0.29, 0.717) is 22.7 Å². The standard InChI is InChI=1S/C29H27N9O5/c1-17(39)43-23-14-20(8-9-21(23)27(30)31)34-26(28-35-29(40)38(37-28)25-6-4-12-33-36-25)19-7-10-22(24(13-19)41-2)42-16-18-5-3-11-32-15-18/h3-15,26,34H,16H2,1-2H3,(H3,30,31)(H,35,37,40)/t26-/m0/s1. The highest BCUT2D eigenvalue weighted by molar-refractivity contribution is 5.98. The van der Waals surface area contributed by atoms with Crippen LogP contribution < -0.4 is 31.0 Å². The molecular weight excluding hydrogens is 554 g/mol. The van der Waals surface area contributed by atoms with Crippen LogP contribution in [0, 0.1) is 5.41 Å². The van der Waals surface area contributed by atoms with Crippen LogP contribution in [-0.4, -0.2) is 48.9 Å². The highest BCUT2D eigenvalue weighted by atomic mass is 16.5. The number of nitrogens with one attached hydrogen (secondary N) is 3. The van der Waals surface area contributed by atoms with Gasteiger partial charge in [-0.25, -0.2) is 4.79 Å².